The van der Waals surface area contributed by atoms with E-state index in [4.69, 9.17) is 15.9 Å². The molecule has 0 unspecified atom stereocenters. The number of nitrogen functional groups attached to an aromatic ring is 1. The number of anilines is 1. The Balaban J connectivity index is 2.02. The minimum absolute atomic E-state index is 0.152. The van der Waals surface area contributed by atoms with E-state index in [1.54, 1.807) is 0 Å². The van der Waals surface area contributed by atoms with Crippen LogP contribution < -0.4 is 10.5 Å². The molecule has 0 atom stereocenters. The van der Waals surface area contributed by atoms with Crippen LogP contribution in [0.2, 0.25) is 0 Å². The van der Waals surface area contributed by atoms with Crippen LogP contribution in [0.25, 0.3) is 0 Å². The number of ether oxygens (including phenoxy) is 1. The second kappa shape index (κ2) is 7.03. The molecular weight excluding hydrogens is 272 g/mol. The van der Waals surface area contributed by atoms with Crippen molar-refractivity contribution in [3.8, 4) is 5.75 Å². The summed E-state index contributed by atoms with van der Waals surface area (Å²) in [5.41, 5.74) is 6.23. The zero-order chi connectivity index (χ0) is 15.2. The van der Waals surface area contributed by atoms with E-state index in [1.807, 2.05) is 0 Å². The topological polar surface area (TPSA) is 105 Å². The van der Waals surface area contributed by atoms with Gasteiger partial charge in [-0.15, -0.1) is 0 Å². The number of nitrogens with one attached hydrogen (secondary N) is 1. The number of hydrogen-bond acceptors (Lipinski definition) is 6. The van der Waals surface area contributed by atoms with Crippen LogP contribution in [0.3, 0.4) is 0 Å². The molecule has 1 fully saturated rings. The molecule has 1 aliphatic rings. The van der Waals surface area contributed by atoms with Crippen molar-refractivity contribution in [2.24, 2.45) is 0 Å². The summed E-state index contributed by atoms with van der Waals surface area (Å²) in [6.45, 7) is 3.26. The molecule has 0 saturated carbocycles. The van der Waals surface area contributed by atoms with Crippen LogP contribution in [0.15, 0.2) is 12.1 Å². The van der Waals surface area contributed by atoms with Gasteiger partial charge in [-0.25, -0.2) is 0 Å². The molecule has 0 spiro atoms. The molecule has 0 amide bonds. The fraction of sp³-hybridized carbons (Fsp3) is 0.500. The summed E-state index contributed by atoms with van der Waals surface area (Å²) in [7, 11) is 0. The highest BCUT2D eigenvalue weighted by Crippen LogP contribution is 2.31. The van der Waals surface area contributed by atoms with Gasteiger partial charge in [-0.1, -0.05) is 6.42 Å². The molecule has 2 rings (SSSR count). The summed E-state index contributed by atoms with van der Waals surface area (Å²) in [4.78, 5) is 12.9. The second-order valence-corrected chi connectivity index (χ2v) is 5.10. The summed E-state index contributed by atoms with van der Waals surface area (Å²) in [6, 6.07) is 2.70. The standard InChI is InChI=1S/C14H20N4O3/c15-10-11-8-13(18(19)20)14(9-12(11)16)21-7-6-17-4-2-1-3-5-17/h8-10,15H,1-7,16H2. The predicted molar refractivity (Wildman–Crippen MR) is 81.2 cm³/mol. The molecule has 0 radical (unpaired) electrons. The third-order valence-electron chi connectivity index (χ3n) is 3.63. The van der Waals surface area contributed by atoms with Crippen LogP contribution >= 0.6 is 0 Å². The molecule has 7 heteroatoms. The smallest absolute Gasteiger partial charge is 0.311 e. The Morgan fingerprint density at radius 3 is 2.71 bits per heavy atom. The molecule has 1 aromatic rings. The van der Waals surface area contributed by atoms with Crippen molar-refractivity contribution in [1.29, 1.82) is 5.41 Å². The maximum Gasteiger partial charge on any atom is 0.311 e. The van der Waals surface area contributed by atoms with Gasteiger partial charge in [0.25, 0.3) is 0 Å². The van der Waals surface area contributed by atoms with E-state index in [-0.39, 0.29) is 11.4 Å². The third kappa shape index (κ3) is 3.91. The monoisotopic (exact) mass is 292 g/mol. The maximum atomic E-state index is 11.1. The molecule has 114 valence electrons. The van der Waals surface area contributed by atoms with Crippen molar-refractivity contribution in [3.63, 3.8) is 0 Å². The fourth-order valence-corrected chi connectivity index (χ4v) is 2.45. The van der Waals surface area contributed by atoms with Crippen LogP contribution in [0, 0.1) is 15.5 Å². The molecule has 1 aliphatic heterocycles. The number of piperidine rings is 1. The lowest BCUT2D eigenvalue weighted by molar-refractivity contribution is -0.385. The van der Waals surface area contributed by atoms with E-state index in [0.717, 1.165) is 25.8 Å². The Kier molecular flexibility index (Phi) is 5.10. The van der Waals surface area contributed by atoms with Crippen molar-refractivity contribution in [2.45, 2.75) is 19.3 Å². The fourth-order valence-electron chi connectivity index (χ4n) is 2.45. The highest BCUT2D eigenvalue weighted by atomic mass is 16.6. The van der Waals surface area contributed by atoms with Gasteiger partial charge in [-0.05, 0) is 25.9 Å². The van der Waals surface area contributed by atoms with Gasteiger partial charge in [-0.3, -0.25) is 15.0 Å². The average Bonchev–Trinajstić information content (AvgIpc) is 2.48. The summed E-state index contributed by atoms with van der Waals surface area (Å²) in [5.74, 6) is 0.167. The number of benzene rings is 1. The summed E-state index contributed by atoms with van der Waals surface area (Å²) in [5, 5.41) is 18.3. The molecule has 0 aromatic heterocycles. The van der Waals surface area contributed by atoms with Gasteiger partial charge in [-0.2, -0.15) is 0 Å². The molecule has 0 bridgehead atoms. The number of nitrogens with two attached hydrogens (primary N) is 1. The van der Waals surface area contributed by atoms with Crippen LogP contribution in [-0.2, 0) is 0 Å². The highest BCUT2D eigenvalue weighted by Gasteiger charge is 2.18. The number of nitro groups is 1. The first-order valence-corrected chi connectivity index (χ1v) is 7.05. The number of hydrogen-bond donors (Lipinski definition) is 2. The van der Waals surface area contributed by atoms with Crippen LogP contribution in [0.5, 0.6) is 5.75 Å². The zero-order valence-electron chi connectivity index (χ0n) is 11.9. The first-order chi connectivity index (χ1) is 10.1. The lowest BCUT2D eigenvalue weighted by Crippen LogP contribution is -2.33. The van der Waals surface area contributed by atoms with Gasteiger partial charge < -0.3 is 15.9 Å². The van der Waals surface area contributed by atoms with Gasteiger partial charge in [0, 0.05) is 36.1 Å². The molecule has 1 aromatic carbocycles. The number of likely N-dealkylation sites (tertiary alicyclic amines) is 1. The van der Waals surface area contributed by atoms with E-state index in [9.17, 15) is 10.1 Å². The quantitative estimate of drug-likeness (QED) is 0.361. The summed E-state index contributed by atoms with van der Waals surface area (Å²) < 4.78 is 5.54. The van der Waals surface area contributed by atoms with Gasteiger partial charge in [0.15, 0.2) is 5.75 Å². The van der Waals surface area contributed by atoms with E-state index < -0.39 is 4.92 Å². The first kappa shape index (κ1) is 15.2. The molecule has 0 aliphatic carbocycles. The van der Waals surface area contributed by atoms with Crippen molar-refractivity contribution >= 4 is 17.6 Å². The van der Waals surface area contributed by atoms with Crippen LogP contribution in [0.4, 0.5) is 11.4 Å². The Hall–Kier alpha value is -2.15. The van der Waals surface area contributed by atoms with Crippen LogP contribution in [-0.4, -0.2) is 42.3 Å². The normalized spacial score (nSPS) is 15.6. The van der Waals surface area contributed by atoms with Crippen molar-refractivity contribution in [2.75, 3.05) is 32.0 Å². The van der Waals surface area contributed by atoms with Crippen molar-refractivity contribution < 1.29 is 9.66 Å². The lowest BCUT2D eigenvalue weighted by Gasteiger charge is -2.26. The zero-order valence-corrected chi connectivity index (χ0v) is 11.9. The van der Waals surface area contributed by atoms with E-state index in [1.165, 1.54) is 31.4 Å². The Bertz CT molecular complexity index is 527. The number of rotatable bonds is 6. The maximum absolute atomic E-state index is 11.1. The Morgan fingerprint density at radius 1 is 1.38 bits per heavy atom. The average molecular weight is 292 g/mol. The minimum atomic E-state index is -0.511. The Labute approximate surface area is 123 Å². The predicted octanol–water partition coefficient (Wildman–Crippen LogP) is 2.04. The molecule has 7 nitrogen and oxygen atoms in total. The lowest BCUT2D eigenvalue weighted by atomic mass is 10.1. The van der Waals surface area contributed by atoms with Crippen molar-refractivity contribution in [3.05, 3.63) is 27.8 Å². The van der Waals surface area contributed by atoms with E-state index >= 15 is 0 Å². The third-order valence-corrected chi connectivity index (χ3v) is 3.63. The second-order valence-electron chi connectivity index (χ2n) is 5.10. The van der Waals surface area contributed by atoms with Crippen LogP contribution in [0.1, 0.15) is 24.8 Å². The largest absolute Gasteiger partial charge is 0.485 e. The molecule has 21 heavy (non-hydrogen) atoms. The number of nitro benzene ring substituents is 1. The molecule has 3 N–H and O–H groups in total. The first-order valence-electron chi connectivity index (χ1n) is 7.05. The van der Waals surface area contributed by atoms with Gasteiger partial charge in [0.1, 0.15) is 6.61 Å². The summed E-state index contributed by atoms with van der Waals surface area (Å²) in [6.07, 6.45) is 4.66. The van der Waals surface area contributed by atoms with Gasteiger partial charge >= 0.3 is 5.69 Å². The Morgan fingerprint density at radius 2 is 2.10 bits per heavy atom. The van der Waals surface area contributed by atoms with Gasteiger partial charge in [0.2, 0.25) is 0 Å². The van der Waals surface area contributed by atoms with Gasteiger partial charge in [0.05, 0.1) is 4.92 Å². The SMILES string of the molecule is N=Cc1cc([N+](=O)[O-])c(OCCN2CCCCC2)cc1N. The molecule has 1 saturated heterocycles. The number of nitrogens with zero attached hydrogens (tertiary/aromatic N) is 2. The summed E-state index contributed by atoms with van der Waals surface area (Å²) >= 11 is 0. The van der Waals surface area contributed by atoms with E-state index in [0.29, 0.717) is 17.9 Å². The molecular formula is C14H20N4O3. The van der Waals surface area contributed by atoms with Crippen molar-refractivity contribution in [1.82, 2.24) is 4.90 Å². The van der Waals surface area contributed by atoms with E-state index in [2.05, 4.69) is 4.90 Å². The molecule has 1 heterocycles. The highest BCUT2D eigenvalue weighted by molar-refractivity contribution is 5.87. The minimum Gasteiger partial charge on any atom is -0.485 e.